The second-order valence-electron chi connectivity index (χ2n) is 4.47. The molecule has 0 radical (unpaired) electrons. The van der Waals surface area contributed by atoms with Crippen LogP contribution < -0.4 is 5.32 Å². The van der Waals surface area contributed by atoms with Crippen LogP contribution in [0, 0.1) is 5.82 Å². The summed E-state index contributed by atoms with van der Waals surface area (Å²) in [6.07, 6.45) is 4.49. The lowest BCUT2D eigenvalue weighted by atomic mass is 10.1. The molecule has 1 fully saturated rings. The minimum atomic E-state index is -0.287. The fraction of sp³-hybridized carbons (Fsp3) is 0.308. The molecule has 1 N–H and O–H groups in total. The first-order chi connectivity index (χ1) is 8.75. The molecule has 2 heterocycles. The molecule has 1 unspecified atom stereocenters. The molecule has 0 aliphatic carbocycles. The Morgan fingerprint density at radius 1 is 1.44 bits per heavy atom. The van der Waals surface area contributed by atoms with Gasteiger partial charge in [-0.1, -0.05) is 11.6 Å². The van der Waals surface area contributed by atoms with E-state index >= 15 is 0 Å². The minimum absolute atomic E-state index is 0.287. The predicted molar refractivity (Wildman–Crippen MR) is 68.8 cm³/mol. The van der Waals surface area contributed by atoms with Gasteiger partial charge < -0.3 is 5.32 Å². The Morgan fingerprint density at radius 2 is 2.33 bits per heavy atom. The number of nitrogens with zero attached hydrogens (tertiary/aromatic N) is 2. The van der Waals surface area contributed by atoms with Crippen molar-refractivity contribution in [2.24, 2.45) is 0 Å². The topological polar surface area (TPSA) is 29.9 Å². The van der Waals surface area contributed by atoms with Crippen molar-refractivity contribution >= 4 is 11.6 Å². The molecule has 1 aliphatic heterocycles. The zero-order chi connectivity index (χ0) is 12.5. The SMILES string of the molecule is Fc1ccc(Cl)cc1-n1cncc1C1CCNC1. The fourth-order valence-corrected chi connectivity index (χ4v) is 2.55. The third kappa shape index (κ3) is 2.02. The van der Waals surface area contributed by atoms with E-state index < -0.39 is 0 Å². The standard InChI is InChI=1S/C13H13ClFN3/c14-10-1-2-11(15)12(5-10)18-8-17-7-13(18)9-3-4-16-6-9/h1-2,5,7-9,16H,3-4,6H2. The first-order valence-corrected chi connectivity index (χ1v) is 6.32. The van der Waals surface area contributed by atoms with Crippen LogP contribution in [-0.2, 0) is 0 Å². The summed E-state index contributed by atoms with van der Waals surface area (Å²) >= 11 is 5.93. The smallest absolute Gasteiger partial charge is 0.147 e. The molecule has 94 valence electrons. The highest BCUT2D eigenvalue weighted by atomic mass is 35.5. The van der Waals surface area contributed by atoms with Crippen molar-refractivity contribution in [3.05, 3.63) is 47.3 Å². The number of rotatable bonds is 2. The first kappa shape index (κ1) is 11.7. The van der Waals surface area contributed by atoms with E-state index in [-0.39, 0.29) is 5.82 Å². The summed E-state index contributed by atoms with van der Waals surface area (Å²) in [5, 5.41) is 3.83. The molecular weight excluding hydrogens is 253 g/mol. The van der Waals surface area contributed by atoms with Gasteiger partial charge in [0.05, 0.1) is 12.0 Å². The van der Waals surface area contributed by atoms with Gasteiger partial charge in [-0.3, -0.25) is 4.57 Å². The van der Waals surface area contributed by atoms with Crippen LogP contribution in [0.1, 0.15) is 18.0 Å². The average molecular weight is 266 g/mol. The largest absolute Gasteiger partial charge is 0.316 e. The number of halogens is 2. The summed E-state index contributed by atoms with van der Waals surface area (Å²) < 4.78 is 15.7. The normalized spacial score (nSPS) is 19.3. The van der Waals surface area contributed by atoms with Crippen molar-refractivity contribution in [1.82, 2.24) is 14.9 Å². The molecule has 0 saturated carbocycles. The molecule has 5 heteroatoms. The van der Waals surface area contributed by atoms with Crippen molar-refractivity contribution < 1.29 is 4.39 Å². The molecule has 1 aliphatic rings. The van der Waals surface area contributed by atoms with E-state index in [1.165, 1.54) is 6.07 Å². The summed E-state index contributed by atoms with van der Waals surface area (Å²) in [7, 11) is 0. The molecule has 2 aromatic rings. The van der Waals surface area contributed by atoms with E-state index in [1.54, 1.807) is 29.2 Å². The highest BCUT2D eigenvalue weighted by Gasteiger charge is 2.21. The molecule has 1 atom stereocenters. The Morgan fingerprint density at radius 3 is 3.11 bits per heavy atom. The number of imidazole rings is 1. The number of nitrogens with one attached hydrogen (secondary N) is 1. The van der Waals surface area contributed by atoms with Crippen molar-refractivity contribution in [2.75, 3.05) is 13.1 Å². The van der Waals surface area contributed by atoms with E-state index in [0.29, 0.717) is 16.6 Å². The summed E-state index contributed by atoms with van der Waals surface area (Å²) in [5.74, 6) is 0.0930. The van der Waals surface area contributed by atoms with Gasteiger partial charge in [-0.05, 0) is 31.2 Å². The van der Waals surface area contributed by atoms with Gasteiger partial charge in [0.25, 0.3) is 0 Å². The van der Waals surface area contributed by atoms with Gasteiger partial charge in [0.15, 0.2) is 0 Å². The Bertz CT molecular complexity index is 561. The van der Waals surface area contributed by atoms with E-state index in [0.717, 1.165) is 25.2 Å². The Kier molecular flexibility index (Phi) is 3.06. The molecule has 3 nitrogen and oxygen atoms in total. The summed E-state index contributed by atoms with van der Waals surface area (Å²) in [4.78, 5) is 4.14. The van der Waals surface area contributed by atoms with Crippen LogP contribution in [0.4, 0.5) is 4.39 Å². The van der Waals surface area contributed by atoms with Crippen molar-refractivity contribution in [3.63, 3.8) is 0 Å². The molecule has 1 aromatic heterocycles. The van der Waals surface area contributed by atoms with Crippen LogP contribution in [0.25, 0.3) is 5.69 Å². The molecule has 1 saturated heterocycles. The van der Waals surface area contributed by atoms with E-state index in [1.807, 2.05) is 0 Å². The minimum Gasteiger partial charge on any atom is -0.316 e. The maximum absolute atomic E-state index is 13.9. The Labute approximate surface area is 110 Å². The molecule has 1 aromatic carbocycles. The van der Waals surface area contributed by atoms with Crippen molar-refractivity contribution in [1.29, 1.82) is 0 Å². The van der Waals surface area contributed by atoms with Crippen molar-refractivity contribution in [2.45, 2.75) is 12.3 Å². The van der Waals surface area contributed by atoms with Crippen LogP contribution in [0.5, 0.6) is 0 Å². The van der Waals surface area contributed by atoms with Crippen LogP contribution in [0.2, 0.25) is 5.02 Å². The van der Waals surface area contributed by atoms with Gasteiger partial charge in [0, 0.05) is 29.4 Å². The lowest BCUT2D eigenvalue weighted by Crippen LogP contribution is -2.11. The number of hydrogen-bond acceptors (Lipinski definition) is 2. The third-order valence-electron chi connectivity index (χ3n) is 3.31. The number of benzene rings is 1. The van der Waals surface area contributed by atoms with E-state index in [2.05, 4.69) is 10.3 Å². The van der Waals surface area contributed by atoms with E-state index in [4.69, 9.17) is 11.6 Å². The second-order valence-corrected chi connectivity index (χ2v) is 4.91. The second kappa shape index (κ2) is 4.71. The van der Waals surface area contributed by atoms with E-state index in [9.17, 15) is 4.39 Å². The zero-order valence-corrected chi connectivity index (χ0v) is 10.5. The third-order valence-corrected chi connectivity index (χ3v) is 3.55. The molecule has 0 amide bonds. The quantitative estimate of drug-likeness (QED) is 0.905. The van der Waals surface area contributed by atoms with Crippen LogP contribution in [0.3, 0.4) is 0 Å². The fourth-order valence-electron chi connectivity index (χ4n) is 2.39. The van der Waals surface area contributed by atoms with Gasteiger partial charge in [-0.25, -0.2) is 9.37 Å². The highest BCUT2D eigenvalue weighted by molar-refractivity contribution is 6.30. The van der Waals surface area contributed by atoms with Crippen LogP contribution >= 0.6 is 11.6 Å². The maximum Gasteiger partial charge on any atom is 0.147 e. The predicted octanol–water partition coefficient (Wildman–Crippen LogP) is 2.74. The molecular formula is C13H13ClFN3. The Hall–Kier alpha value is -1.39. The summed E-state index contributed by atoms with van der Waals surface area (Å²) in [6.45, 7) is 1.90. The van der Waals surface area contributed by atoms with Gasteiger partial charge in [-0.15, -0.1) is 0 Å². The molecule has 0 bridgehead atoms. The number of hydrogen-bond donors (Lipinski definition) is 1. The first-order valence-electron chi connectivity index (χ1n) is 5.94. The molecule has 18 heavy (non-hydrogen) atoms. The monoisotopic (exact) mass is 265 g/mol. The van der Waals surface area contributed by atoms with Crippen molar-refractivity contribution in [3.8, 4) is 5.69 Å². The van der Waals surface area contributed by atoms with Crippen LogP contribution in [-0.4, -0.2) is 22.6 Å². The number of aromatic nitrogens is 2. The summed E-state index contributed by atoms with van der Waals surface area (Å²) in [6, 6.07) is 4.56. The van der Waals surface area contributed by atoms with Gasteiger partial charge >= 0.3 is 0 Å². The maximum atomic E-state index is 13.9. The molecule has 3 rings (SSSR count). The molecule has 0 spiro atoms. The lowest BCUT2D eigenvalue weighted by molar-refractivity contribution is 0.610. The lowest BCUT2D eigenvalue weighted by Gasteiger charge is -2.13. The highest BCUT2D eigenvalue weighted by Crippen LogP contribution is 2.27. The van der Waals surface area contributed by atoms with Gasteiger partial charge in [-0.2, -0.15) is 0 Å². The summed E-state index contributed by atoms with van der Waals surface area (Å²) in [5.41, 5.74) is 1.49. The van der Waals surface area contributed by atoms with Gasteiger partial charge in [0.1, 0.15) is 5.82 Å². The average Bonchev–Trinajstić information content (AvgIpc) is 3.00. The van der Waals surface area contributed by atoms with Crippen LogP contribution in [0.15, 0.2) is 30.7 Å². The van der Waals surface area contributed by atoms with Gasteiger partial charge in [0.2, 0.25) is 0 Å². The zero-order valence-electron chi connectivity index (χ0n) is 9.74. The Balaban J connectivity index is 2.06.